The standard InChI is InChI=1S/C22H20N2O2/c23-19-9-1-7-17-15(19)5-3-11-21(17)25-13-14-26-22-12-4-6-16-18(22)8-2-10-20(16)24/h1-12H,13-14,23-24H2. The number of rotatable bonds is 5. The maximum absolute atomic E-state index is 6.03. The molecule has 26 heavy (non-hydrogen) atoms. The smallest absolute Gasteiger partial charge is 0.127 e. The summed E-state index contributed by atoms with van der Waals surface area (Å²) in [6, 6.07) is 23.4. The SMILES string of the molecule is Nc1cccc2c(OCCOc3cccc4c(N)cccc34)cccc12. The molecule has 0 aromatic heterocycles. The van der Waals surface area contributed by atoms with E-state index in [1.54, 1.807) is 0 Å². The Morgan fingerprint density at radius 3 is 1.35 bits per heavy atom. The molecule has 0 spiro atoms. The molecule has 0 fully saturated rings. The van der Waals surface area contributed by atoms with Crippen LogP contribution in [0.25, 0.3) is 21.5 Å². The van der Waals surface area contributed by atoms with Crippen LogP contribution in [-0.4, -0.2) is 13.2 Å². The van der Waals surface area contributed by atoms with Crippen LogP contribution in [0.4, 0.5) is 11.4 Å². The van der Waals surface area contributed by atoms with Gasteiger partial charge in [-0.05, 0) is 24.3 Å². The van der Waals surface area contributed by atoms with Gasteiger partial charge < -0.3 is 20.9 Å². The van der Waals surface area contributed by atoms with Gasteiger partial charge >= 0.3 is 0 Å². The molecular weight excluding hydrogens is 324 g/mol. The number of hydrogen-bond donors (Lipinski definition) is 2. The van der Waals surface area contributed by atoms with Gasteiger partial charge in [0.05, 0.1) is 0 Å². The van der Waals surface area contributed by atoms with Crippen molar-refractivity contribution >= 4 is 32.9 Å². The lowest BCUT2D eigenvalue weighted by atomic mass is 10.1. The molecule has 0 aliphatic rings. The Labute approximate surface area is 151 Å². The molecule has 130 valence electrons. The predicted octanol–water partition coefficient (Wildman–Crippen LogP) is 4.62. The van der Waals surface area contributed by atoms with E-state index >= 15 is 0 Å². The second-order valence-corrected chi connectivity index (χ2v) is 6.09. The summed E-state index contributed by atoms with van der Waals surface area (Å²) in [5.41, 5.74) is 13.6. The molecule has 4 heteroatoms. The molecule has 0 heterocycles. The van der Waals surface area contributed by atoms with Crippen LogP contribution in [0.1, 0.15) is 0 Å². The van der Waals surface area contributed by atoms with Gasteiger partial charge in [-0.1, -0.05) is 48.5 Å². The summed E-state index contributed by atoms with van der Waals surface area (Å²) in [5.74, 6) is 1.61. The number of nitrogen functional groups attached to an aromatic ring is 2. The second-order valence-electron chi connectivity index (χ2n) is 6.09. The van der Waals surface area contributed by atoms with Crippen molar-refractivity contribution in [2.45, 2.75) is 0 Å². The van der Waals surface area contributed by atoms with Crippen molar-refractivity contribution in [3.05, 3.63) is 72.8 Å². The van der Waals surface area contributed by atoms with E-state index in [9.17, 15) is 0 Å². The van der Waals surface area contributed by atoms with Gasteiger partial charge in [0.15, 0.2) is 0 Å². The highest BCUT2D eigenvalue weighted by molar-refractivity contribution is 5.97. The molecule has 0 radical (unpaired) electrons. The quantitative estimate of drug-likeness (QED) is 0.409. The Hall–Kier alpha value is -3.40. The zero-order chi connectivity index (χ0) is 17.9. The molecule has 0 bridgehead atoms. The number of anilines is 2. The van der Waals surface area contributed by atoms with Crippen molar-refractivity contribution in [2.75, 3.05) is 24.7 Å². The van der Waals surface area contributed by atoms with Gasteiger partial charge in [0.1, 0.15) is 24.7 Å². The highest BCUT2D eigenvalue weighted by atomic mass is 16.5. The molecule has 0 saturated heterocycles. The lowest BCUT2D eigenvalue weighted by molar-refractivity contribution is 0.220. The first-order valence-corrected chi connectivity index (χ1v) is 8.54. The van der Waals surface area contributed by atoms with Crippen LogP contribution in [0.15, 0.2) is 72.8 Å². The molecule has 4 rings (SSSR count). The number of fused-ring (bicyclic) bond motifs is 2. The summed E-state index contributed by atoms with van der Waals surface area (Å²) in [6.45, 7) is 0.874. The third-order valence-corrected chi connectivity index (χ3v) is 4.43. The molecule has 4 N–H and O–H groups in total. The van der Waals surface area contributed by atoms with Gasteiger partial charge in [-0.15, -0.1) is 0 Å². The van der Waals surface area contributed by atoms with Gasteiger partial charge in [-0.2, -0.15) is 0 Å². The summed E-state index contributed by atoms with van der Waals surface area (Å²) in [5, 5.41) is 4.00. The fourth-order valence-corrected chi connectivity index (χ4v) is 3.17. The first-order valence-electron chi connectivity index (χ1n) is 8.54. The number of ether oxygens (including phenoxy) is 2. The highest BCUT2D eigenvalue weighted by Gasteiger charge is 2.06. The maximum atomic E-state index is 6.03. The van der Waals surface area contributed by atoms with Crippen molar-refractivity contribution in [3.63, 3.8) is 0 Å². The van der Waals surface area contributed by atoms with Crippen molar-refractivity contribution in [1.29, 1.82) is 0 Å². The molecule has 0 aliphatic carbocycles. The Morgan fingerprint density at radius 1 is 0.500 bits per heavy atom. The van der Waals surface area contributed by atoms with Crippen LogP contribution < -0.4 is 20.9 Å². The highest BCUT2D eigenvalue weighted by Crippen LogP contribution is 2.30. The fraction of sp³-hybridized carbons (Fsp3) is 0.0909. The van der Waals surface area contributed by atoms with Crippen LogP contribution in [0.2, 0.25) is 0 Å². The van der Waals surface area contributed by atoms with Gasteiger partial charge in [0.2, 0.25) is 0 Å². The Kier molecular flexibility index (Phi) is 4.23. The molecule has 0 aliphatic heterocycles. The van der Waals surface area contributed by atoms with Crippen LogP contribution >= 0.6 is 0 Å². The molecule has 0 saturated carbocycles. The molecule has 4 aromatic rings. The summed E-state index contributed by atoms with van der Waals surface area (Å²) in [7, 11) is 0. The lowest BCUT2D eigenvalue weighted by Gasteiger charge is -2.13. The molecule has 4 aromatic carbocycles. The van der Waals surface area contributed by atoms with Crippen molar-refractivity contribution in [3.8, 4) is 11.5 Å². The van der Waals surface area contributed by atoms with Crippen LogP contribution in [0, 0.1) is 0 Å². The Morgan fingerprint density at radius 2 is 0.885 bits per heavy atom. The summed E-state index contributed by atoms with van der Waals surface area (Å²) in [6.07, 6.45) is 0. The molecular formula is C22H20N2O2. The van der Waals surface area contributed by atoms with E-state index < -0.39 is 0 Å². The fourth-order valence-electron chi connectivity index (χ4n) is 3.17. The number of nitrogens with two attached hydrogens (primary N) is 2. The van der Waals surface area contributed by atoms with E-state index in [2.05, 4.69) is 0 Å². The van der Waals surface area contributed by atoms with Gasteiger partial charge in [0, 0.05) is 32.9 Å². The predicted molar refractivity (Wildman–Crippen MR) is 108 cm³/mol. The first kappa shape index (κ1) is 16.1. The minimum absolute atomic E-state index is 0.437. The topological polar surface area (TPSA) is 70.5 Å². The van der Waals surface area contributed by atoms with E-state index in [1.165, 1.54) is 0 Å². The van der Waals surface area contributed by atoms with Crippen LogP contribution in [0.5, 0.6) is 11.5 Å². The first-order chi connectivity index (χ1) is 12.7. The normalized spacial score (nSPS) is 10.9. The minimum atomic E-state index is 0.437. The van der Waals surface area contributed by atoms with E-state index in [0.717, 1.165) is 44.4 Å². The van der Waals surface area contributed by atoms with Gasteiger partial charge in [-0.25, -0.2) is 0 Å². The van der Waals surface area contributed by atoms with Gasteiger partial charge in [-0.3, -0.25) is 0 Å². The third-order valence-electron chi connectivity index (χ3n) is 4.43. The van der Waals surface area contributed by atoms with Gasteiger partial charge in [0.25, 0.3) is 0 Å². The van der Waals surface area contributed by atoms with Crippen LogP contribution in [0.3, 0.4) is 0 Å². The Balaban J connectivity index is 1.47. The average molecular weight is 344 g/mol. The second kappa shape index (κ2) is 6.84. The van der Waals surface area contributed by atoms with Crippen LogP contribution in [-0.2, 0) is 0 Å². The molecule has 0 atom stereocenters. The largest absolute Gasteiger partial charge is 0.489 e. The van der Waals surface area contributed by atoms with Crippen molar-refractivity contribution < 1.29 is 9.47 Å². The van der Waals surface area contributed by atoms with E-state index in [-0.39, 0.29) is 0 Å². The lowest BCUT2D eigenvalue weighted by Crippen LogP contribution is -2.09. The Bertz CT molecular complexity index is 989. The summed E-state index contributed by atoms with van der Waals surface area (Å²) in [4.78, 5) is 0. The van der Waals surface area contributed by atoms with Crippen molar-refractivity contribution in [2.24, 2.45) is 0 Å². The number of hydrogen-bond acceptors (Lipinski definition) is 4. The van der Waals surface area contributed by atoms with Crippen molar-refractivity contribution in [1.82, 2.24) is 0 Å². The third kappa shape index (κ3) is 2.97. The molecule has 4 nitrogen and oxygen atoms in total. The summed E-state index contributed by atoms with van der Waals surface area (Å²) >= 11 is 0. The van der Waals surface area contributed by atoms with E-state index in [0.29, 0.717) is 13.2 Å². The maximum Gasteiger partial charge on any atom is 0.127 e. The summed E-state index contributed by atoms with van der Waals surface area (Å²) < 4.78 is 11.9. The molecule has 0 amide bonds. The minimum Gasteiger partial charge on any atom is -0.489 e. The van der Waals surface area contributed by atoms with E-state index in [4.69, 9.17) is 20.9 Å². The monoisotopic (exact) mass is 344 g/mol. The molecule has 0 unspecified atom stereocenters. The zero-order valence-corrected chi connectivity index (χ0v) is 14.3. The number of benzene rings is 4. The zero-order valence-electron chi connectivity index (χ0n) is 14.3. The van der Waals surface area contributed by atoms with E-state index in [1.807, 2.05) is 72.8 Å². The average Bonchev–Trinajstić information content (AvgIpc) is 2.66.